The van der Waals surface area contributed by atoms with E-state index < -0.39 is 0 Å². The average molecular weight is 438 g/mol. The van der Waals surface area contributed by atoms with Crippen LogP contribution in [0.1, 0.15) is 36.4 Å². The number of aryl methyl sites for hydroxylation is 2. The second kappa shape index (κ2) is 8.55. The van der Waals surface area contributed by atoms with E-state index >= 15 is 0 Å². The third-order valence-corrected chi connectivity index (χ3v) is 5.76. The molecule has 0 saturated carbocycles. The van der Waals surface area contributed by atoms with E-state index in [1.807, 2.05) is 45.0 Å². The average Bonchev–Trinajstić information content (AvgIpc) is 3.34. The van der Waals surface area contributed by atoms with Crippen LogP contribution in [-0.4, -0.2) is 27.0 Å². The van der Waals surface area contributed by atoms with E-state index in [0.29, 0.717) is 22.4 Å². The number of aromatic nitrogens is 2. The van der Waals surface area contributed by atoms with Crippen LogP contribution >= 0.6 is 11.6 Å². The number of furan rings is 1. The minimum absolute atomic E-state index is 0.0339. The minimum Gasteiger partial charge on any atom is -0.464 e. The summed E-state index contributed by atoms with van der Waals surface area (Å²) in [4.78, 5) is 14.9. The predicted molar refractivity (Wildman–Crippen MR) is 120 cm³/mol. The number of amides is 1. The fraction of sp³-hybridized carbons (Fsp3) is 0.292. The fourth-order valence-corrected chi connectivity index (χ4v) is 3.72. The van der Waals surface area contributed by atoms with Crippen molar-refractivity contribution in [1.82, 2.24) is 15.1 Å². The van der Waals surface area contributed by atoms with Gasteiger partial charge in [0.05, 0.1) is 29.8 Å². The molecule has 2 aromatic heterocycles. The summed E-state index contributed by atoms with van der Waals surface area (Å²) in [6.07, 6.45) is 1.90. The largest absolute Gasteiger partial charge is 0.464 e. The van der Waals surface area contributed by atoms with Crippen molar-refractivity contribution in [2.75, 3.05) is 0 Å². The van der Waals surface area contributed by atoms with Gasteiger partial charge in [-0.15, -0.1) is 10.2 Å². The molecule has 0 spiro atoms. The van der Waals surface area contributed by atoms with Gasteiger partial charge < -0.3 is 13.7 Å². The Morgan fingerprint density at radius 1 is 1.13 bits per heavy atom. The molecule has 0 aliphatic carbocycles. The molecule has 2 aromatic carbocycles. The van der Waals surface area contributed by atoms with Crippen molar-refractivity contribution in [3.8, 4) is 11.5 Å². The van der Waals surface area contributed by atoms with E-state index in [0.717, 1.165) is 22.1 Å². The van der Waals surface area contributed by atoms with E-state index in [1.54, 1.807) is 17.2 Å². The van der Waals surface area contributed by atoms with Crippen LogP contribution < -0.4 is 0 Å². The van der Waals surface area contributed by atoms with Crippen molar-refractivity contribution in [2.45, 2.75) is 46.7 Å². The van der Waals surface area contributed by atoms with Gasteiger partial charge in [0, 0.05) is 17.0 Å². The summed E-state index contributed by atoms with van der Waals surface area (Å²) in [6.45, 7) is 8.25. The Balaban J connectivity index is 1.54. The highest BCUT2D eigenvalue weighted by atomic mass is 35.5. The van der Waals surface area contributed by atoms with E-state index in [9.17, 15) is 4.79 Å². The predicted octanol–water partition coefficient (Wildman–Crippen LogP) is 5.73. The van der Waals surface area contributed by atoms with Crippen molar-refractivity contribution in [2.24, 2.45) is 0 Å². The molecule has 4 rings (SSSR count). The summed E-state index contributed by atoms with van der Waals surface area (Å²) in [6, 6.07) is 11.3. The first kappa shape index (κ1) is 21.1. The lowest BCUT2D eigenvalue weighted by Gasteiger charge is -2.25. The Kier molecular flexibility index (Phi) is 5.83. The van der Waals surface area contributed by atoms with Crippen LogP contribution in [0.4, 0.5) is 0 Å². The Bertz CT molecular complexity index is 1240. The minimum atomic E-state index is -0.0368. The van der Waals surface area contributed by atoms with Gasteiger partial charge in [-0.3, -0.25) is 4.79 Å². The molecule has 4 aromatic rings. The van der Waals surface area contributed by atoms with Gasteiger partial charge in [-0.25, -0.2) is 0 Å². The zero-order valence-electron chi connectivity index (χ0n) is 18.0. The third-order valence-electron chi connectivity index (χ3n) is 5.43. The van der Waals surface area contributed by atoms with Gasteiger partial charge in [-0.2, -0.15) is 0 Å². The number of rotatable bonds is 6. The van der Waals surface area contributed by atoms with E-state index in [1.165, 1.54) is 5.56 Å². The number of benzene rings is 2. The zero-order valence-corrected chi connectivity index (χ0v) is 18.7. The first-order valence-corrected chi connectivity index (χ1v) is 10.6. The topological polar surface area (TPSA) is 72.4 Å². The Labute approximate surface area is 185 Å². The molecule has 31 heavy (non-hydrogen) atoms. The molecule has 1 amide bonds. The van der Waals surface area contributed by atoms with Crippen LogP contribution in [0.5, 0.6) is 0 Å². The molecule has 2 heterocycles. The molecule has 160 valence electrons. The lowest BCUT2D eigenvalue weighted by Crippen LogP contribution is -2.37. The van der Waals surface area contributed by atoms with Crippen molar-refractivity contribution in [1.29, 1.82) is 0 Å². The molecule has 0 aliphatic rings. The highest BCUT2D eigenvalue weighted by Gasteiger charge is 2.23. The molecule has 0 bridgehead atoms. The van der Waals surface area contributed by atoms with E-state index in [4.69, 9.17) is 20.4 Å². The number of fused-ring (bicyclic) bond motifs is 1. The Morgan fingerprint density at radius 3 is 2.61 bits per heavy atom. The maximum Gasteiger partial charge on any atom is 0.249 e. The molecular weight excluding hydrogens is 414 g/mol. The number of carbonyl (C=O) groups excluding carboxylic acids is 1. The summed E-state index contributed by atoms with van der Waals surface area (Å²) in [7, 11) is 0. The number of hydrogen-bond donors (Lipinski definition) is 0. The molecule has 6 nitrogen and oxygen atoms in total. The van der Waals surface area contributed by atoms with Gasteiger partial charge in [0.1, 0.15) is 5.58 Å². The molecule has 7 heteroatoms. The molecule has 0 N–H and O–H groups in total. The normalized spacial score (nSPS) is 11.4. The second-order valence-electron chi connectivity index (χ2n) is 7.97. The lowest BCUT2D eigenvalue weighted by atomic mass is 10.0. The maximum absolute atomic E-state index is 13.2. The van der Waals surface area contributed by atoms with Crippen molar-refractivity contribution >= 4 is 28.5 Å². The molecule has 0 unspecified atom stereocenters. The SMILES string of the molecule is Cc1cc2occ(CC(=O)N(Cc3nnc(-c4ccccc4Cl)o3)C(C)C)c2cc1C. The highest BCUT2D eigenvalue weighted by Crippen LogP contribution is 2.28. The van der Waals surface area contributed by atoms with Gasteiger partial charge in [0.25, 0.3) is 0 Å². The first-order chi connectivity index (χ1) is 14.8. The number of nitrogens with zero attached hydrogens (tertiary/aromatic N) is 3. The smallest absolute Gasteiger partial charge is 0.249 e. The van der Waals surface area contributed by atoms with Crippen LogP contribution in [0.3, 0.4) is 0 Å². The highest BCUT2D eigenvalue weighted by molar-refractivity contribution is 6.33. The summed E-state index contributed by atoms with van der Waals surface area (Å²) in [5.74, 6) is 0.664. The van der Waals surface area contributed by atoms with Gasteiger partial charge in [0.15, 0.2) is 0 Å². The standard InChI is InChI=1S/C24H24ClN3O3/c1-14(2)28(12-22-26-27-24(31-22)18-7-5-6-8-20(18)25)23(29)11-17-13-30-21-10-16(4)15(3)9-19(17)21/h5-10,13-14H,11-12H2,1-4H3. The molecule has 0 aliphatic heterocycles. The summed E-state index contributed by atoms with van der Waals surface area (Å²) in [5, 5.41) is 9.72. The van der Waals surface area contributed by atoms with E-state index in [2.05, 4.69) is 23.2 Å². The van der Waals surface area contributed by atoms with Crippen LogP contribution in [0.25, 0.3) is 22.4 Å². The first-order valence-electron chi connectivity index (χ1n) is 10.2. The molecule has 0 atom stereocenters. The van der Waals surface area contributed by atoms with Crippen LogP contribution in [0, 0.1) is 13.8 Å². The molecule has 0 saturated heterocycles. The Morgan fingerprint density at radius 2 is 1.87 bits per heavy atom. The number of halogens is 1. The maximum atomic E-state index is 13.2. The molecule has 0 radical (unpaired) electrons. The van der Waals surface area contributed by atoms with Crippen LogP contribution in [0.15, 0.2) is 51.5 Å². The summed E-state index contributed by atoms with van der Waals surface area (Å²) in [5.41, 5.74) is 4.66. The van der Waals surface area contributed by atoms with Gasteiger partial charge >= 0.3 is 0 Å². The summed E-state index contributed by atoms with van der Waals surface area (Å²) < 4.78 is 11.5. The second-order valence-corrected chi connectivity index (χ2v) is 8.37. The quantitative estimate of drug-likeness (QED) is 0.385. The lowest BCUT2D eigenvalue weighted by molar-refractivity contribution is -0.133. The number of hydrogen-bond acceptors (Lipinski definition) is 5. The summed E-state index contributed by atoms with van der Waals surface area (Å²) >= 11 is 6.22. The molecule has 0 fully saturated rings. The fourth-order valence-electron chi connectivity index (χ4n) is 3.50. The van der Waals surface area contributed by atoms with Gasteiger partial charge in [0.2, 0.25) is 17.7 Å². The van der Waals surface area contributed by atoms with Crippen LogP contribution in [0.2, 0.25) is 5.02 Å². The van der Waals surface area contributed by atoms with Crippen molar-refractivity contribution in [3.63, 3.8) is 0 Å². The van der Waals surface area contributed by atoms with E-state index in [-0.39, 0.29) is 24.9 Å². The monoisotopic (exact) mass is 437 g/mol. The number of carbonyl (C=O) groups is 1. The zero-order chi connectivity index (χ0) is 22.1. The van der Waals surface area contributed by atoms with Gasteiger partial charge in [-0.05, 0) is 63.1 Å². The third kappa shape index (κ3) is 4.35. The Hall–Kier alpha value is -3.12. The van der Waals surface area contributed by atoms with Crippen molar-refractivity contribution < 1.29 is 13.6 Å². The molecular formula is C24H24ClN3O3. The van der Waals surface area contributed by atoms with Crippen molar-refractivity contribution in [3.05, 3.63) is 70.3 Å². The van der Waals surface area contributed by atoms with Crippen LogP contribution in [-0.2, 0) is 17.8 Å². The van der Waals surface area contributed by atoms with Gasteiger partial charge in [-0.1, -0.05) is 23.7 Å².